The van der Waals surface area contributed by atoms with Crippen LogP contribution in [0.25, 0.3) is 0 Å². The summed E-state index contributed by atoms with van der Waals surface area (Å²) >= 11 is 0. The van der Waals surface area contributed by atoms with Gasteiger partial charge in [-0.1, -0.05) is 103 Å². The summed E-state index contributed by atoms with van der Waals surface area (Å²) in [7, 11) is 0. The molecule has 0 aromatic carbocycles. The smallest absolute Gasteiger partial charge is 0.303 e. The first kappa shape index (κ1) is 33.8. The summed E-state index contributed by atoms with van der Waals surface area (Å²) < 4.78 is 6.24. The van der Waals surface area contributed by atoms with Gasteiger partial charge in [0, 0.05) is 12.8 Å². The molecule has 7 heteroatoms. The molecule has 0 saturated carbocycles. The van der Waals surface area contributed by atoms with Crippen molar-refractivity contribution in [1.82, 2.24) is 0 Å². The van der Waals surface area contributed by atoms with E-state index in [0.29, 0.717) is 5.92 Å². The van der Waals surface area contributed by atoms with E-state index in [1.54, 1.807) is 0 Å². The molecule has 1 heterocycles. The van der Waals surface area contributed by atoms with Gasteiger partial charge in [-0.2, -0.15) is 0 Å². The van der Waals surface area contributed by atoms with Crippen LogP contribution in [0.3, 0.4) is 0 Å². The minimum absolute atomic E-state index is 0.0250. The van der Waals surface area contributed by atoms with Gasteiger partial charge in [-0.15, -0.1) is 0 Å². The third kappa shape index (κ3) is 16.4. The van der Waals surface area contributed by atoms with E-state index >= 15 is 0 Å². The number of carbonyl (C=O) groups is 2. The van der Waals surface area contributed by atoms with Crippen molar-refractivity contribution in [3.05, 3.63) is 0 Å². The molecule has 0 radical (unpaired) electrons. The molecule has 218 valence electrons. The zero-order valence-electron chi connectivity index (χ0n) is 23.3. The molecular weight excluding hydrogens is 472 g/mol. The average molecular weight is 529 g/mol. The van der Waals surface area contributed by atoms with Crippen molar-refractivity contribution in [2.45, 2.75) is 159 Å². The van der Waals surface area contributed by atoms with Crippen LogP contribution in [0.15, 0.2) is 0 Å². The lowest BCUT2D eigenvalue weighted by Crippen LogP contribution is -2.40. The van der Waals surface area contributed by atoms with Gasteiger partial charge < -0.3 is 25.2 Å². The van der Waals surface area contributed by atoms with E-state index in [2.05, 4.69) is 0 Å². The molecule has 0 spiro atoms. The van der Waals surface area contributed by atoms with E-state index in [0.717, 1.165) is 77.0 Å². The Kier molecular flexibility index (Phi) is 19.9. The minimum Gasteiger partial charge on any atom is -0.481 e. The number of carboxylic acid groups (broad SMARTS) is 2. The van der Waals surface area contributed by atoms with Crippen LogP contribution in [-0.4, -0.2) is 57.3 Å². The molecule has 3 atom stereocenters. The molecule has 37 heavy (non-hydrogen) atoms. The molecule has 1 fully saturated rings. The van der Waals surface area contributed by atoms with E-state index in [-0.39, 0.29) is 32.2 Å². The Morgan fingerprint density at radius 2 is 1.03 bits per heavy atom. The van der Waals surface area contributed by atoms with E-state index < -0.39 is 17.5 Å². The maximum absolute atomic E-state index is 10.5. The van der Waals surface area contributed by atoms with Crippen LogP contribution in [-0.2, 0) is 14.3 Å². The Bertz CT molecular complexity index is 582. The zero-order chi connectivity index (χ0) is 27.2. The maximum atomic E-state index is 10.5. The summed E-state index contributed by atoms with van der Waals surface area (Å²) in [5, 5.41) is 37.3. The second-order valence-corrected chi connectivity index (χ2v) is 11.3. The van der Waals surface area contributed by atoms with Crippen LogP contribution in [0.1, 0.15) is 148 Å². The first-order valence-corrected chi connectivity index (χ1v) is 15.3. The maximum Gasteiger partial charge on any atom is 0.303 e. The zero-order valence-corrected chi connectivity index (χ0v) is 23.3. The summed E-state index contributed by atoms with van der Waals surface area (Å²) in [4.78, 5) is 21.1. The van der Waals surface area contributed by atoms with Crippen molar-refractivity contribution in [2.75, 3.05) is 13.2 Å². The van der Waals surface area contributed by atoms with Crippen molar-refractivity contribution >= 4 is 11.9 Å². The van der Waals surface area contributed by atoms with Crippen LogP contribution in [0.4, 0.5) is 0 Å². The van der Waals surface area contributed by atoms with Crippen LogP contribution in [0, 0.1) is 5.92 Å². The Morgan fingerprint density at radius 3 is 1.43 bits per heavy atom. The largest absolute Gasteiger partial charge is 0.481 e. The number of unbranched alkanes of at least 4 members (excludes halogenated alkanes) is 16. The van der Waals surface area contributed by atoms with E-state index in [1.165, 1.54) is 57.8 Å². The summed E-state index contributed by atoms with van der Waals surface area (Å²) in [6.07, 6.45) is 23.1. The molecule has 4 N–H and O–H groups in total. The number of carboxylic acids is 2. The van der Waals surface area contributed by atoms with Gasteiger partial charge in [0.1, 0.15) is 0 Å². The molecule has 1 aliphatic rings. The number of ether oxygens (including phenoxy) is 1. The van der Waals surface area contributed by atoms with Gasteiger partial charge in [0.2, 0.25) is 0 Å². The van der Waals surface area contributed by atoms with Crippen LogP contribution in [0.5, 0.6) is 0 Å². The molecule has 0 bridgehead atoms. The highest BCUT2D eigenvalue weighted by Gasteiger charge is 2.46. The van der Waals surface area contributed by atoms with Gasteiger partial charge in [-0.25, -0.2) is 0 Å². The van der Waals surface area contributed by atoms with Gasteiger partial charge in [0.15, 0.2) is 0 Å². The monoisotopic (exact) mass is 528 g/mol. The molecule has 1 saturated heterocycles. The van der Waals surface area contributed by atoms with Crippen LogP contribution >= 0.6 is 0 Å². The highest BCUT2D eigenvalue weighted by Crippen LogP contribution is 2.42. The Hall–Kier alpha value is -1.18. The molecule has 3 unspecified atom stereocenters. The van der Waals surface area contributed by atoms with E-state index in [9.17, 15) is 19.8 Å². The number of aliphatic hydroxyl groups is 2. The summed E-state index contributed by atoms with van der Waals surface area (Å²) in [5.41, 5.74) is -0.493. The van der Waals surface area contributed by atoms with Crippen molar-refractivity contribution in [3.8, 4) is 0 Å². The second-order valence-electron chi connectivity index (χ2n) is 11.3. The van der Waals surface area contributed by atoms with Crippen molar-refractivity contribution in [2.24, 2.45) is 5.92 Å². The van der Waals surface area contributed by atoms with Gasteiger partial charge in [0.25, 0.3) is 0 Å². The van der Waals surface area contributed by atoms with Crippen molar-refractivity contribution < 1.29 is 34.8 Å². The second kappa shape index (κ2) is 21.7. The number of hydrogen-bond acceptors (Lipinski definition) is 5. The van der Waals surface area contributed by atoms with E-state index in [4.69, 9.17) is 14.9 Å². The van der Waals surface area contributed by atoms with E-state index in [1.807, 2.05) is 0 Å². The predicted molar refractivity (Wildman–Crippen MR) is 147 cm³/mol. The van der Waals surface area contributed by atoms with Gasteiger partial charge in [0.05, 0.1) is 24.9 Å². The predicted octanol–water partition coefficient (Wildman–Crippen LogP) is 6.87. The standard InChI is InChI=1S/C30H56O7/c31-24-27-23-26(19-15-11-7-3-1-4-8-12-16-20-28(33)34)30(25-32,37-27)22-18-14-10-6-2-5-9-13-17-21-29(35)36/h26-27,31-32H,1-25H2,(H,33,34)(H,35,36). The molecular formula is C30H56O7. The number of rotatable bonds is 26. The average Bonchev–Trinajstić information content (AvgIpc) is 3.23. The fraction of sp³-hybridized carbons (Fsp3) is 0.933. The summed E-state index contributed by atoms with van der Waals surface area (Å²) in [5.74, 6) is -1.08. The van der Waals surface area contributed by atoms with Gasteiger partial charge in [-0.3, -0.25) is 9.59 Å². The lowest BCUT2D eigenvalue weighted by atomic mass is 9.80. The van der Waals surface area contributed by atoms with Crippen molar-refractivity contribution in [3.63, 3.8) is 0 Å². The Labute approximate surface area is 225 Å². The third-order valence-electron chi connectivity index (χ3n) is 8.10. The third-order valence-corrected chi connectivity index (χ3v) is 8.10. The minimum atomic E-state index is -0.700. The van der Waals surface area contributed by atoms with Crippen molar-refractivity contribution in [1.29, 1.82) is 0 Å². The topological polar surface area (TPSA) is 124 Å². The van der Waals surface area contributed by atoms with Gasteiger partial charge in [-0.05, 0) is 38.0 Å². The quantitative estimate of drug-likeness (QED) is 0.0903. The summed E-state index contributed by atoms with van der Waals surface area (Å²) in [6.45, 7) is 0.0591. The molecule has 0 aromatic heterocycles. The first-order chi connectivity index (χ1) is 17.9. The molecule has 0 amide bonds. The normalized spacial score (nSPS) is 21.5. The highest BCUT2D eigenvalue weighted by atomic mass is 16.5. The number of aliphatic carboxylic acids is 2. The SMILES string of the molecule is O=C(O)CCCCCCCCCCCC1CC(CO)OC1(CO)CCCCCCCCCCCC(=O)O. The molecule has 7 nitrogen and oxygen atoms in total. The Balaban J connectivity index is 2.15. The summed E-state index contributed by atoms with van der Waals surface area (Å²) in [6, 6.07) is 0. The highest BCUT2D eigenvalue weighted by molar-refractivity contribution is 5.66. The van der Waals surface area contributed by atoms with Crippen LogP contribution in [0.2, 0.25) is 0 Å². The molecule has 0 aromatic rings. The molecule has 0 aliphatic carbocycles. The Morgan fingerprint density at radius 1 is 0.622 bits per heavy atom. The van der Waals surface area contributed by atoms with Gasteiger partial charge >= 0.3 is 11.9 Å². The lowest BCUT2D eigenvalue weighted by Gasteiger charge is -2.33. The molecule has 1 rings (SSSR count). The fourth-order valence-electron chi connectivity index (χ4n) is 5.85. The lowest BCUT2D eigenvalue weighted by molar-refractivity contribution is -0.138. The number of hydrogen-bond donors (Lipinski definition) is 4. The number of aliphatic hydroxyl groups excluding tert-OH is 2. The first-order valence-electron chi connectivity index (χ1n) is 15.3. The molecule has 1 aliphatic heterocycles. The fourth-order valence-corrected chi connectivity index (χ4v) is 5.85. The van der Waals surface area contributed by atoms with Crippen LogP contribution < -0.4 is 0 Å².